The molecule has 0 heterocycles. The largest absolute Gasteiger partial charge is 0.281 e. The normalized spacial score (nSPS) is 9.33. The highest BCUT2D eigenvalue weighted by Gasteiger charge is 1.87. The van der Waals surface area contributed by atoms with E-state index in [0.29, 0.717) is 13.0 Å². The maximum absolute atomic E-state index is 9.80. The molecule has 0 fully saturated rings. The van der Waals surface area contributed by atoms with Crippen molar-refractivity contribution in [2.24, 2.45) is 0 Å². The van der Waals surface area contributed by atoms with Crippen LogP contribution in [0.4, 0.5) is 0 Å². The van der Waals surface area contributed by atoms with Crippen LogP contribution in [0.1, 0.15) is 5.56 Å². The zero-order chi connectivity index (χ0) is 8.65. The Bertz CT molecular complexity index is 225. The summed E-state index contributed by atoms with van der Waals surface area (Å²) in [6.07, 6.45) is 0.567. The van der Waals surface area contributed by atoms with Gasteiger partial charge in [-0.05, 0) is 5.56 Å². The number of nitrogens with one attached hydrogen (secondary N) is 3. The molecule has 12 heavy (non-hydrogen) atoms. The number of hydrogen-bond acceptors (Lipinski definition) is 3. The first-order valence-electron chi connectivity index (χ1n) is 3.64. The Labute approximate surface area is 70.9 Å². The van der Waals surface area contributed by atoms with Gasteiger partial charge in [0, 0.05) is 6.54 Å². The van der Waals surface area contributed by atoms with Crippen LogP contribution in [-0.4, -0.2) is 6.41 Å². The number of hydrazine groups is 2. The van der Waals surface area contributed by atoms with Crippen molar-refractivity contribution >= 4 is 6.41 Å². The Morgan fingerprint density at radius 2 is 2.00 bits per heavy atom. The zero-order valence-corrected chi connectivity index (χ0v) is 6.58. The molecule has 1 aromatic rings. The molecule has 1 amide bonds. The Balaban J connectivity index is 2.20. The lowest BCUT2D eigenvalue weighted by atomic mass is 10.2. The van der Waals surface area contributed by atoms with Gasteiger partial charge in [0.1, 0.15) is 0 Å². The van der Waals surface area contributed by atoms with Crippen LogP contribution in [0.25, 0.3) is 0 Å². The van der Waals surface area contributed by atoms with Crippen molar-refractivity contribution in [2.75, 3.05) is 0 Å². The van der Waals surface area contributed by atoms with E-state index in [0.717, 1.165) is 5.56 Å². The quantitative estimate of drug-likeness (QED) is 0.325. The minimum absolute atomic E-state index is 0.567. The number of rotatable bonds is 5. The molecule has 0 aromatic heterocycles. The number of amides is 1. The van der Waals surface area contributed by atoms with Crippen LogP contribution in [0, 0.1) is 0 Å². The molecule has 0 aliphatic carbocycles. The Morgan fingerprint density at radius 3 is 2.67 bits per heavy atom. The average molecular weight is 165 g/mol. The molecular weight excluding hydrogens is 154 g/mol. The molecule has 0 aliphatic rings. The maximum atomic E-state index is 9.80. The summed E-state index contributed by atoms with van der Waals surface area (Å²) < 4.78 is 0. The van der Waals surface area contributed by atoms with Crippen LogP contribution < -0.4 is 16.4 Å². The number of carbonyl (C=O) groups is 1. The van der Waals surface area contributed by atoms with Gasteiger partial charge in [-0.1, -0.05) is 30.3 Å². The lowest BCUT2D eigenvalue weighted by molar-refractivity contribution is -0.110. The third kappa shape index (κ3) is 3.14. The summed E-state index contributed by atoms with van der Waals surface area (Å²) >= 11 is 0. The minimum Gasteiger partial charge on any atom is -0.281 e. The van der Waals surface area contributed by atoms with Gasteiger partial charge in [0.25, 0.3) is 0 Å². The standard InChI is InChI=1S/C8H11N3O/c12-7-10-11-9-6-8-4-2-1-3-5-8/h1-5,7,9,11H,6H2,(H,10,12). The van der Waals surface area contributed by atoms with Crippen LogP contribution >= 0.6 is 0 Å². The lowest BCUT2D eigenvalue weighted by Gasteiger charge is -2.04. The molecule has 0 spiro atoms. The predicted molar refractivity (Wildman–Crippen MR) is 45.6 cm³/mol. The van der Waals surface area contributed by atoms with E-state index in [1.807, 2.05) is 30.3 Å². The summed E-state index contributed by atoms with van der Waals surface area (Å²) in [5.74, 6) is 0. The smallest absolute Gasteiger partial charge is 0.222 e. The third-order valence-electron chi connectivity index (χ3n) is 1.35. The van der Waals surface area contributed by atoms with Gasteiger partial charge in [-0.25, -0.2) is 5.43 Å². The SMILES string of the molecule is O=CNNNCc1ccccc1. The molecule has 0 radical (unpaired) electrons. The van der Waals surface area contributed by atoms with Crippen molar-refractivity contribution in [1.82, 2.24) is 16.4 Å². The lowest BCUT2D eigenvalue weighted by Crippen LogP contribution is -2.41. The molecule has 0 unspecified atom stereocenters. The van der Waals surface area contributed by atoms with Gasteiger partial charge >= 0.3 is 0 Å². The average Bonchev–Trinajstić information content (AvgIpc) is 2.14. The van der Waals surface area contributed by atoms with Gasteiger partial charge in [-0.15, -0.1) is 0 Å². The highest BCUT2D eigenvalue weighted by Crippen LogP contribution is 1.95. The highest BCUT2D eigenvalue weighted by molar-refractivity contribution is 5.44. The second-order valence-corrected chi connectivity index (χ2v) is 2.23. The molecule has 1 aromatic carbocycles. The fourth-order valence-electron chi connectivity index (χ4n) is 0.823. The fourth-order valence-corrected chi connectivity index (χ4v) is 0.823. The zero-order valence-electron chi connectivity index (χ0n) is 6.58. The Hall–Kier alpha value is -1.39. The summed E-state index contributed by atoms with van der Waals surface area (Å²) in [5.41, 5.74) is 8.75. The van der Waals surface area contributed by atoms with E-state index < -0.39 is 0 Å². The van der Waals surface area contributed by atoms with E-state index in [1.165, 1.54) is 0 Å². The molecule has 1 rings (SSSR count). The van der Waals surface area contributed by atoms with E-state index in [9.17, 15) is 4.79 Å². The fraction of sp³-hybridized carbons (Fsp3) is 0.125. The van der Waals surface area contributed by atoms with Crippen molar-refractivity contribution < 1.29 is 4.79 Å². The monoisotopic (exact) mass is 165 g/mol. The van der Waals surface area contributed by atoms with Crippen molar-refractivity contribution in [2.45, 2.75) is 6.54 Å². The molecule has 0 bridgehead atoms. The first-order valence-corrected chi connectivity index (χ1v) is 3.64. The first-order chi connectivity index (χ1) is 5.93. The summed E-state index contributed by atoms with van der Waals surface area (Å²) in [6, 6.07) is 9.88. The summed E-state index contributed by atoms with van der Waals surface area (Å²) in [4.78, 5) is 9.80. The van der Waals surface area contributed by atoms with Crippen molar-refractivity contribution in [3.63, 3.8) is 0 Å². The topological polar surface area (TPSA) is 53.2 Å². The minimum atomic E-state index is 0.567. The molecule has 3 N–H and O–H groups in total. The third-order valence-corrected chi connectivity index (χ3v) is 1.35. The van der Waals surface area contributed by atoms with Crippen LogP contribution in [0.2, 0.25) is 0 Å². The maximum Gasteiger partial charge on any atom is 0.222 e. The predicted octanol–water partition coefficient (Wildman–Crippen LogP) is -0.0582. The number of carbonyl (C=O) groups excluding carboxylic acids is 1. The van der Waals surface area contributed by atoms with E-state index >= 15 is 0 Å². The van der Waals surface area contributed by atoms with Crippen LogP contribution in [0.5, 0.6) is 0 Å². The van der Waals surface area contributed by atoms with Crippen molar-refractivity contribution in [1.29, 1.82) is 0 Å². The van der Waals surface area contributed by atoms with Crippen LogP contribution in [-0.2, 0) is 11.3 Å². The molecule has 64 valence electrons. The molecule has 4 heteroatoms. The Kier molecular flexibility index (Phi) is 3.83. The second kappa shape index (κ2) is 5.29. The second-order valence-electron chi connectivity index (χ2n) is 2.23. The summed E-state index contributed by atoms with van der Waals surface area (Å²) in [7, 11) is 0. The molecule has 0 saturated heterocycles. The van der Waals surface area contributed by atoms with Crippen LogP contribution in [0.3, 0.4) is 0 Å². The van der Waals surface area contributed by atoms with Gasteiger partial charge in [0.05, 0.1) is 0 Å². The number of benzene rings is 1. The molecule has 0 aliphatic heterocycles. The summed E-state index contributed by atoms with van der Waals surface area (Å²) in [6.45, 7) is 0.668. The molecule has 0 saturated carbocycles. The van der Waals surface area contributed by atoms with Crippen molar-refractivity contribution in [3.05, 3.63) is 35.9 Å². The van der Waals surface area contributed by atoms with E-state index in [2.05, 4.69) is 16.4 Å². The van der Waals surface area contributed by atoms with Gasteiger partial charge in [0.2, 0.25) is 6.41 Å². The van der Waals surface area contributed by atoms with E-state index in [4.69, 9.17) is 0 Å². The molecule has 4 nitrogen and oxygen atoms in total. The van der Waals surface area contributed by atoms with E-state index in [-0.39, 0.29) is 0 Å². The number of hydrogen-bond donors (Lipinski definition) is 3. The van der Waals surface area contributed by atoms with Crippen molar-refractivity contribution in [3.8, 4) is 0 Å². The van der Waals surface area contributed by atoms with Gasteiger partial charge < -0.3 is 0 Å². The van der Waals surface area contributed by atoms with Gasteiger partial charge in [-0.2, -0.15) is 5.53 Å². The Morgan fingerprint density at radius 1 is 1.25 bits per heavy atom. The molecule has 0 atom stereocenters. The first kappa shape index (κ1) is 8.70. The highest BCUT2D eigenvalue weighted by atomic mass is 16.1. The van der Waals surface area contributed by atoms with Gasteiger partial charge in [0.15, 0.2) is 0 Å². The summed E-state index contributed by atoms with van der Waals surface area (Å²) in [5, 5.41) is 0. The van der Waals surface area contributed by atoms with Crippen LogP contribution in [0.15, 0.2) is 30.3 Å². The van der Waals surface area contributed by atoms with Gasteiger partial charge in [-0.3, -0.25) is 10.2 Å². The molecular formula is C8H11N3O. The van der Waals surface area contributed by atoms with E-state index in [1.54, 1.807) is 0 Å².